The van der Waals surface area contributed by atoms with Crippen molar-refractivity contribution in [3.63, 3.8) is 0 Å². The Hall–Kier alpha value is -0.350. The fraction of sp³-hybridized carbons (Fsp3) is 0.750. The van der Waals surface area contributed by atoms with Gasteiger partial charge in [-0.2, -0.15) is 5.10 Å². The molecule has 1 aromatic heterocycles. The first kappa shape index (κ1) is 13.7. The highest BCUT2D eigenvalue weighted by Crippen LogP contribution is 2.25. The molecule has 0 aliphatic rings. The molecule has 1 aromatic rings. The first-order valence-corrected chi connectivity index (χ1v) is 6.80. The van der Waals surface area contributed by atoms with E-state index < -0.39 is 0 Å². The van der Waals surface area contributed by atoms with Gasteiger partial charge in [0.2, 0.25) is 0 Å². The first-order chi connectivity index (χ1) is 7.51. The number of nitrogens with two attached hydrogens (primary N) is 1. The molecule has 2 unspecified atom stereocenters. The van der Waals surface area contributed by atoms with E-state index >= 15 is 0 Å². The van der Waals surface area contributed by atoms with Crippen LogP contribution in [0.5, 0.6) is 0 Å². The lowest BCUT2D eigenvalue weighted by Crippen LogP contribution is -2.26. The van der Waals surface area contributed by atoms with Gasteiger partial charge in [0.1, 0.15) is 0 Å². The highest BCUT2D eigenvalue weighted by Gasteiger charge is 2.17. The normalized spacial score (nSPS) is 15.1. The molecule has 1 rings (SSSR count). The molecule has 0 aliphatic carbocycles. The number of aromatic nitrogens is 2. The summed E-state index contributed by atoms with van der Waals surface area (Å²) in [4.78, 5) is 0. The smallest absolute Gasteiger partial charge is 0.0766 e. The molecule has 2 N–H and O–H groups in total. The third-order valence-corrected chi connectivity index (χ3v) is 4.02. The zero-order chi connectivity index (χ0) is 12.3. The van der Waals surface area contributed by atoms with Crippen molar-refractivity contribution in [1.82, 2.24) is 9.78 Å². The Morgan fingerprint density at radius 1 is 1.38 bits per heavy atom. The lowest BCUT2D eigenvalue weighted by Gasteiger charge is -2.16. The second kappa shape index (κ2) is 5.82. The molecule has 0 aromatic carbocycles. The van der Waals surface area contributed by atoms with Gasteiger partial charge in [-0.25, -0.2) is 0 Å². The molecule has 0 radical (unpaired) electrons. The molecule has 16 heavy (non-hydrogen) atoms. The molecule has 0 saturated heterocycles. The van der Waals surface area contributed by atoms with Gasteiger partial charge in [0, 0.05) is 12.6 Å². The second-order valence-electron chi connectivity index (χ2n) is 4.42. The van der Waals surface area contributed by atoms with Gasteiger partial charge in [-0.1, -0.05) is 13.8 Å². The third kappa shape index (κ3) is 2.86. The van der Waals surface area contributed by atoms with Crippen LogP contribution < -0.4 is 5.73 Å². The first-order valence-electron chi connectivity index (χ1n) is 6.00. The van der Waals surface area contributed by atoms with E-state index in [-0.39, 0.29) is 6.04 Å². The largest absolute Gasteiger partial charge is 0.328 e. The van der Waals surface area contributed by atoms with Gasteiger partial charge in [-0.15, -0.1) is 0 Å². The lowest BCUT2D eigenvalue weighted by molar-refractivity contribution is 0.459. The van der Waals surface area contributed by atoms with Crippen LogP contribution in [0.1, 0.15) is 39.1 Å². The number of hydrogen-bond donors (Lipinski definition) is 1. The summed E-state index contributed by atoms with van der Waals surface area (Å²) in [5.41, 5.74) is 8.35. The van der Waals surface area contributed by atoms with E-state index in [1.54, 1.807) is 0 Å². The minimum absolute atomic E-state index is 0.220. The average molecular weight is 288 g/mol. The predicted octanol–water partition coefficient (Wildman–Crippen LogP) is 2.75. The van der Waals surface area contributed by atoms with E-state index in [9.17, 15) is 0 Å². The van der Waals surface area contributed by atoms with Crippen LogP contribution in [0, 0.1) is 5.92 Å². The number of halogens is 1. The molecule has 4 heteroatoms. The fourth-order valence-corrected chi connectivity index (χ4v) is 2.43. The molecule has 0 aliphatic heterocycles. The van der Waals surface area contributed by atoms with Gasteiger partial charge >= 0.3 is 0 Å². The van der Waals surface area contributed by atoms with Gasteiger partial charge in [-0.3, -0.25) is 4.68 Å². The minimum Gasteiger partial charge on any atom is -0.328 e. The summed E-state index contributed by atoms with van der Waals surface area (Å²) in [6.07, 6.45) is 1.95. The quantitative estimate of drug-likeness (QED) is 0.905. The summed E-state index contributed by atoms with van der Waals surface area (Å²) in [6, 6.07) is 0.220. The Bertz CT molecular complexity index is 344. The van der Waals surface area contributed by atoms with Crippen molar-refractivity contribution in [1.29, 1.82) is 0 Å². The lowest BCUT2D eigenvalue weighted by atomic mass is 9.98. The topological polar surface area (TPSA) is 43.8 Å². The fourth-order valence-electron chi connectivity index (χ4n) is 1.70. The maximum absolute atomic E-state index is 5.92. The molecule has 92 valence electrons. The minimum atomic E-state index is 0.220. The highest BCUT2D eigenvalue weighted by molar-refractivity contribution is 9.10. The Kier molecular flexibility index (Phi) is 4.99. The molecule has 3 nitrogen and oxygen atoms in total. The predicted molar refractivity (Wildman–Crippen MR) is 71.5 cm³/mol. The molecule has 0 bridgehead atoms. The molecule has 2 atom stereocenters. The van der Waals surface area contributed by atoms with Crippen molar-refractivity contribution in [2.75, 3.05) is 0 Å². The molecule has 0 saturated carbocycles. The van der Waals surface area contributed by atoms with E-state index in [0.29, 0.717) is 5.92 Å². The molecule has 0 spiro atoms. The maximum Gasteiger partial charge on any atom is 0.0766 e. The monoisotopic (exact) mass is 287 g/mol. The zero-order valence-corrected chi connectivity index (χ0v) is 12.2. The van der Waals surface area contributed by atoms with Crippen LogP contribution >= 0.6 is 15.9 Å². The van der Waals surface area contributed by atoms with Crippen molar-refractivity contribution < 1.29 is 0 Å². The van der Waals surface area contributed by atoms with Crippen molar-refractivity contribution in [2.45, 2.75) is 53.1 Å². The van der Waals surface area contributed by atoms with Crippen molar-refractivity contribution in [2.24, 2.45) is 11.7 Å². The number of aryl methyl sites for hydroxylation is 2. The Morgan fingerprint density at radius 3 is 2.44 bits per heavy atom. The zero-order valence-electron chi connectivity index (χ0n) is 10.6. The summed E-state index contributed by atoms with van der Waals surface area (Å²) < 4.78 is 3.26. The maximum atomic E-state index is 5.92. The molecule has 0 amide bonds. The summed E-state index contributed by atoms with van der Waals surface area (Å²) in [5, 5.41) is 4.59. The van der Waals surface area contributed by atoms with Gasteiger partial charge < -0.3 is 5.73 Å². The van der Waals surface area contributed by atoms with Crippen molar-refractivity contribution in [3.8, 4) is 0 Å². The van der Waals surface area contributed by atoms with Gasteiger partial charge in [-0.05, 0) is 48.5 Å². The molecular formula is C12H22BrN3. The summed E-state index contributed by atoms with van der Waals surface area (Å²) in [6.45, 7) is 9.42. The average Bonchev–Trinajstić information content (AvgIpc) is 2.55. The van der Waals surface area contributed by atoms with E-state index in [2.05, 4.69) is 53.4 Å². The summed E-state index contributed by atoms with van der Waals surface area (Å²) in [5.74, 6) is 0.475. The highest BCUT2D eigenvalue weighted by atomic mass is 79.9. The van der Waals surface area contributed by atoms with Gasteiger partial charge in [0.25, 0.3) is 0 Å². The molecule has 0 fully saturated rings. The van der Waals surface area contributed by atoms with Crippen LogP contribution in [0.25, 0.3) is 0 Å². The summed E-state index contributed by atoms with van der Waals surface area (Å²) >= 11 is 3.66. The molecular weight excluding hydrogens is 266 g/mol. The number of rotatable bonds is 5. The van der Waals surface area contributed by atoms with Crippen LogP contribution in [-0.4, -0.2) is 15.8 Å². The van der Waals surface area contributed by atoms with Crippen LogP contribution in [-0.2, 0) is 19.4 Å². The Balaban J connectivity index is 2.97. The second-order valence-corrected chi connectivity index (χ2v) is 5.21. The van der Waals surface area contributed by atoms with Gasteiger partial charge in [0.15, 0.2) is 0 Å². The summed E-state index contributed by atoms with van der Waals surface area (Å²) in [7, 11) is 0. The van der Waals surface area contributed by atoms with E-state index in [1.807, 2.05) is 0 Å². The Morgan fingerprint density at radius 2 is 2.00 bits per heavy atom. The Labute approximate surface area is 107 Å². The van der Waals surface area contributed by atoms with Crippen LogP contribution in [0.15, 0.2) is 4.47 Å². The van der Waals surface area contributed by atoms with Crippen molar-refractivity contribution >= 4 is 15.9 Å². The SMILES string of the molecule is CCc1nn(CC)c(CC(C)C(C)N)c1Br. The number of hydrogen-bond acceptors (Lipinski definition) is 2. The van der Waals surface area contributed by atoms with E-state index in [0.717, 1.165) is 25.1 Å². The van der Waals surface area contributed by atoms with Crippen LogP contribution in [0.4, 0.5) is 0 Å². The van der Waals surface area contributed by atoms with Crippen molar-refractivity contribution in [3.05, 3.63) is 15.9 Å². The standard InChI is InChI=1S/C12H22BrN3/c1-5-10-12(13)11(16(6-2)15-10)7-8(3)9(4)14/h8-9H,5-7,14H2,1-4H3. The van der Waals surface area contributed by atoms with Crippen LogP contribution in [0.2, 0.25) is 0 Å². The molecule has 1 heterocycles. The van der Waals surface area contributed by atoms with Gasteiger partial charge in [0.05, 0.1) is 15.9 Å². The third-order valence-electron chi connectivity index (χ3n) is 3.11. The van der Waals surface area contributed by atoms with E-state index in [4.69, 9.17) is 5.73 Å². The van der Waals surface area contributed by atoms with E-state index in [1.165, 1.54) is 10.2 Å². The van der Waals surface area contributed by atoms with Crippen LogP contribution in [0.3, 0.4) is 0 Å². The number of nitrogens with zero attached hydrogens (tertiary/aromatic N) is 2.